The number of benzene rings is 1. The lowest BCUT2D eigenvalue weighted by Crippen LogP contribution is -2.44. The van der Waals surface area contributed by atoms with Gasteiger partial charge in [-0.15, -0.1) is 0 Å². The fourth-order valence-electron chi connectivity index (χ4n) is 3.93. The lowest BCUT2D eigenvalue weighted by Gasteiger charge is -2.28. The lowest BCUT2D eigenvalue weighted by molar-refractivity contribution is 0.569. The maximum Gasteiger partial charge on any atom is 0.280 e. The molecule has 1 N–H and O–H groups in total. The maximum atomic E-state index is 13.2. The summed E-state index contributed by atoms with van der Waals surface area (Å²) in [5.74, 6) is 1.49. The van der Waals surface area contributed by atoms with E-state index in [-0.39, 0.29) is 5.56 Å². The molecule has 3 aromatic rings. The summed E-state index contributed by atoms with van der Waals surface area (Å²) in [6.45, 7) is 7.12. The molecule has 0 amide bonds. The average molecular weight is 396 g/mol. The van der Waals surface area contributed by atoms with Gasteiger partial charge in [0, 0.05) is 53.4 Å². The molecule has 1 fully saturated rings. The topological polar surface area (TPSA) is 71.2 Å². The van der Waals surface area contributed by atoms with Gasteiger partial charge in [-0.05, 0) is 18.9 Å². The summed E-state index contributed by atoms with van der Waals surface area (Å²) in [7, 11) is 3.77. The molecule has 1 aliphatic heterocycles. The number of rotatable bonds is 6. The van der Waals surface area contributed by atoms with Gasteiger partial charge in [-0.2, -0.15) is 9.97 Å². The van der Waals surface area contributed by atoms with E-state index in [2.05, 4.69) is 22.3 Å². The third-order valence-corrected chi connectivity index (χ3v) is 5.58. The molecule has 1 saturated heterocycles. The number of piperazine rings is 1. The lowest BCUT2D eigenvalue weighted by atomic mass is 10.1. The van der Waals surface area contributed by atoms with Gasteiger partial charge in [-0.3, -0.25) is 9.36 Å². The predicted molar refractivity (Wildman–Crippen MR) is 117 cm³/mol. The molecule has 8 heteroatoms. The van der Waals surface area contributed by atoms with E-state index in [1.54, 1.807) is 11.6 Å². The van der Waals surface area contributed by atoms with Crippen LogP contribution in [0.5, 0.6) is 0 Å². The molecule has 0 atom stereocenters. The first-order valence-corrected chi connectivity index (χ1v) is 10.3. The second-order valence-electron chi connectivity index (χ2n) is 7.50. The number of imidazole rings is 1. The number of nitrogens with zero attached hydrogens (tertiary/aromatic N) is 6. The molecule has 0 aliphatic carbocycles. The van der Waals surface area contributed by atoms with Crippen LogP contribution in [0, 0.1) is 0 Å². The molecule has 4 rings (SSSR count). The minimum absolute atomic E-state index is 0.0488. The first kappa shape index (κ1) is 19.4. The van der Waals surface area contributed by atoms with Crippen LogP contribution in [0.1, 0.15) is 12.5 Å². The van der Waals surface area contributed by atoms with Gasteiger partial charge in [0.25, 0.3) is 5.56 Å². The third-order valence-electron chi connectivity index (χ3n) is 5.58. The third kappa shape index (κ3) is 3.72. The van der Waals surface area contributed by atoms with Crippen molar-refractivity contribution in [2.24, 2.45) is 7.05 Å². The van der Waals surface area contributed by atoms with Crippen molar-refractivity contribution in [2.45, 2.75) is 19.9 Å². The minimum Gasteiger partial charge on any atom is -0.345 e. The molecule has 8 nitrogen and oxygen atoms in total. The summed E-state index contributed by atoms with van der Waals surface area (Å²) in [5, 5.41) is 3.36. The number of nitrogens with one attached hydrogen (secondary N) is 1. The summed E-state index contributed by atoms with van der Waals surface area (Å²) in [6, 6.07) is 10.3. The van der Waals surface area contributed by atoms with E-state index in [0.29, 0.717) is 23.7 Å². The molecule has 0 bridgehead atoms. The summed E-state index contributed by atoms with van der Waals surface area (Å²) >= 11 is 0. The summed E-state index contributed by atoms with van der Waals surface area (Å²) in [6.07, 6.45) is 0.890. The second-order valence-corrected chi connectivity index (χ2v) is 7.50. The Bertz CT molecular complexity index is 1030. The Hall–Kier alpha value is -2.87. The molecule has 1 aliphatic rings. The molecule has 2 aromatic heterocycles. The summed E-state index contributed by atoms with van der Waals surface area (Å²) in [4.78, 5) is 27.0. The SMILES string of the molecule is CCn1c(N2CCNCC2)nc2nc(N(C)CCc3ccccc3)n(C)c(=O)c21. The molecule has 1 aromatic carbocycles. The van der Waals surface area contributed by atoms with Crippen molar-refractivity contribution in [1.29, 1.82) is 0 Å². The molecule has 0 saturated carbocycles. The highest BCUT2D eigenvalue weighted by Gasteiger charge is 2.23. The molecule has 3 heterocycles. The number of hydrogen-bond donors (Lipinski definition) is 1. The van der Waals surface area contributed by atoms with Crippen molar-refractivity contribution in [3.63, 3.8) is 0 Å². The Labute approximate surface area is 170 Å². The van der Waals surface area contributed by atoms with Crippen molar-refractivity contribution in [3.8, 4) is 0 Å². The predicted octanol–water partition coefficient (Wildman–Crippen LogP) is 1.24. The average Bonchev–Trinajstić information content (AvgIpc) is 3.14. The Morgan fingerprint density at radius 2 is 1.86 bits per heavy atom. The van der Waals surface area contributed by atoms with Crippen LogP contribution < -0.4 is 20.7 Å². The largest absolute Gasteiger partial charge is 0.345 e. The van der Waals surface area contributed by atoms with Gasteiger partial charge in [0.2, 0.25) is 11.9 Å². The zero-order valence-corrected chi connectivity index (χ0v) is 17.4. The van der Waals surface area contributed by atoms with Gasteiger partial charge in [0.1, 0.15) is 0 Å². The number of aromatic nitrogens is 4. The number of likely N-dealkylation sites (N-methyl/N-ethyl adjacent to an activating group) is 1. The number of anilines is 2. The van der Waals surface area contributed by atoms with Gasteiger partial charge in [-0.25, -0.2) is 0 Å². The molecule has 0 unspecified atom stereocenters. The minimum atomic E-state index is -0.0488. The van der Waals surface area contributed by atoms with Gasteiger partial charge in [0.15, 0.2) is 11.2 Å². The van der Waals surface area contributed by atoms with Crippen LogP contribution in [0.25, 0.3) is 11.2 Å². The summed E-state index contributed by atoms with van der Waals surface area (Å²) < 4.78 is 3.65. The number of fused-ring (bicyclic) bond motifs is 1. The van der Waals surface area contributed by atoms with Crippen LogP contribution in [0.3, 0.4) is 0 Å². The fraction of sp³-hybridized carbons (Fsp3) is 0.476. The summed E-state index contributed by atoms with van der Waals surface area (Å²) in [5.41, 5.74) is 2.34. The first-order valence-electron chi connectivity index (χ1n) is 10.3. The van der Waals surface area contributed by atoms with E-state index in [1.165, 1.54) is 5.56 Å². The fourth-order valence-corrected chi connectivity index (χ4v) is 3.93. The number of hydrogen-bond acceptors (Lipinski definition) is 6. The molecular weight excluding hydrogens is 366 g/mol. The van der Waals surface area contributed by atoms with Crippen LogP contribution in [-0.4, -0.2) is 58.9 Å². The van der Waals surface area contributed by atoms with Crippen LogP contribution >= 0.6 is 0 Å². The van der Waals surface area contributed by atoms with E-state index in [1.807, 2.05) is 41.6 Å². The monoisotopic (exact) mass is 395 g/mol. The highest BCUT2D eigenvalue weighted by atomic mass is 16.1. The van der Waals surface area contributed by atoms with Crippen LogP contribution in [0.2, 0.25) is 0 Å². The van der Waals surface area contributed by atoms with Crippen molar-refractivity contribution >= 4 is 23.1 Å². The van der Waals surface area contributed by atoms with Gasteiger partial charge >= 0.3 is 0 Å². The van der Waals surface area contributed by atoms with E-state index in [0.717, 1.165) is 45.1 Å². The maximum absolute atomic E-state index is 13.2. The van der Waals surface area contributed by atoms with Crippen molar-refractivity contribution < 1.29 is 0 Å². The quantitative estimate of drug-likeness (QED) is 0.677. The van der Waals surface area contributed by atoms with Crippen molar-refractivity contribution in [1.82, 2.24) is 24.4 Å². The van der Waals surface area contributed by atoms with E-state index < -0.39 is 0 Å². The first-order chi connectivity index (χ1) is 14.1. The zero-order chi connectivity index (χ0) is 20.4. The Morgan fingerprint density at radius 3 is 2.55 bits per heavy atom. The second kappa shape index (κ2) is 8.24. The van der Waals surface area contributed by atoms with Crippen LogP contribution in [0.4, 0.5) is 11.9 Å². The molecule has 29 heavy (non-hydrogen) atoms. The van der Waals surface area contributed by atoms with Crippen LogP contribution in [-0.2, 0) is 20.0 Å². The molecule has 0 radical (unpaired) electrons. The van der Waals surface area contributed by atoms with Crippen molar-refractivity contribution in [2.75, 3.05) is 49.6 Å². The smallest absolute Gasteiger partial charge is 0.280 e. The zero-order valence-electron chi connectivity index (χ0n) is 17.4. The molecular formula is C21H29N7O. The molecule has 154 valence electrons. The van der Waals surface area contributed by atoms with E-state index in [9.17, 15) is 4.79 Å². The van der Waals surface area contributed by atoms with Gasteiger partial charge in [0.05, 0.1) is 0 Å². The normalized spacial score (nSPS) is 14.5. The Kier molecular flexibility index (Phi) is 5.53. The van der Waals surface area contributed by atoms with Crippen molar-refractivity contribution in [3.05, 3.63) is 46.2 Å². The highest BCUT2D eigenvalue weighted by Crippen LogP contribution is 2.21. The van der Waals surface area contributed by atoms with Crippen LogP contribution in [0.15, 0.2) is 35.1 Å². The highest BCUT2D eigenvalue weighted by molar-refractivity contribution is 5.75. The van der Waals surface area contributed by atoms with Gasteiger partial charge in [-0.1, -0.05) is 30.3 Å². The Morgan fingerprint density at radius 1 is 1.14 bits per heavy atom. The van der Waals surface area contributed by atoms with Gasteiger partial charge < -0.3 is 19.7 Å². The molecule has 0 spiro atoms. The Balaban J connectivity index is 1.68. The van der Waals surface area contributed by atoms with E-state index >= 15 is 0 Å². The van der Waals surface area contributed by atoms with E-state index in [4.69, 9.17) is 9.97 Å². The number of aryl methyl sites for hydroxylation is 1. The standard InChI is InChI=1S/C21H29N7O/c1-4-28-17-18(24-21(28)27-14-11-22-12-15-27)23-20(26(3)19(17)29)25(2)13-10-16-8-6-5-7-9-16/h5-9,22H,4,10-15H2,1-3H3.